The summed E-state index contributed by atoms with van der Waals surface area (Å²) in [7, 11) is 0. The third-order valence-electron chi connectivity index (χ3n) is 7.00. The maximum absolute atomic E-state index is 15.0. The number of ether oxygens (including phenoxy) is 2. The Labute approximate surface area is 212 Å². The Bertz CT molecular complexity index is 1300. The molecule has 4 rings (SSSR count). The minimum Gasteiger partial charge on any atom is -0.486 e. The van der Waals surface area contributed by atoms with Crippen molar-refractivity contribution in [3.63, 3.8) is 0 Å². The second kappa shape index (κ2) is 9.82. The molecule has 1 aromatic heterocycles. The average molecular weight is 542 g/mol. The van der Waals surface area contributed by atoms with Crippen molar-refractivity contribution in [2.45, 2.75) is 56.6 Å². The number of nitrogens with zero attached hydrogens (tertiary/aromatic N) is 2. The zero-order valence-electron chi connectivity index (χ0n) is 20.1. The highest BCUT2D eigenvalue weighted by Gasteiger charge is 2.66. The number of amides is 2. The van der Waals surface area contributed by atoms with Gasteiger partial charge in [-0.25, -0.2) is 4.39 Å². The first-order valence-corrected chi connectivity index (χ1v) is 11.4. The molecule has 1 aliphatic heterocycles. The molecule has 4 N–H and O–H groups in total. The van der Waals surface area contributed by atoms with Gasteiger partial charge in [0.15, 0.2) is 17.2 Å². The van der Waals surface area contributed by atoms with E-state index in [0.717, 1.165) is 31.3 Å². The van der Waals surface area contributed by atoms with Gasteiger partial charge < -0.3 is 25.7 Å². The lowest BCUT2D eigenvalue weighted by Gasteiger charge is -2.33. The van der Waals surface area contributed by atoms with Crippen LogP contribution in [0.3, 0.4) is 0 Å². The normalized spacial score (nSPS) is 27.0. The number of nitrogens with two attached hydrogens (primary N) is 1. The van der Waals surface area contributed by atoms with E-state index >= 15 is 0 Å². The smallest absolute Gasteiger partial charge is 0.417 e. The number of hydrogen-bond acceptors (Lipinski definition) is 7. The largest absolute Gasteiger partial charge is 0.486 e. The van der Waals surface area contributed by atoms with E-state index in [0.29, 0.717) is 5.71 Å². The van der Waals surface area contributed by atoms with Gasteiger partial charge in [-0.15, -0.1) is 0 Å². The first-order valence-electron chi connectivity index (χ1n) is 11.4. The van der Waals surface area contributed by atoms with Crippen LogP contribution in [0, 0.1) is 17.6 Å². The van der Waals surface area contributed by atoms with Crippen molar-refractivity contribution in [1.29, 1.82) is 0 Å². The monoisotopic (exact) mass is 542 g/mol. The Morgan fingerprint density at radius 3 is 2.55 bits per heavy atom. The molecular formula is C24H23F5N4O5. The minimum absolute atomic E-state index is 0.00135. The van der Waals surface area contributed by atoms with Crippen LogP contribution in [-0.4, -0.2) is 51.7 Å². The van der Waals surface area contributed by atoms with E-state index in [1.54, 1.807) is 0 Å². The number of carbonyl (C=O) groups excluding carboxylic acids is 2. The zero-order chi connectivity index (χ0) is 28.0. The summed E-state index contributed by atoms with van der Waals surface area (Å²) in [5.41, 5.74) is 2.29. The van der Waals surface area contributed by atoms with E-state index < -0.39 is 65.0 Å². The van der Waals surface area contributed by atoms with E-state index in [2.05, 4.69) is 15.5 Å². The summed E-state index contributed by atoms with van der Waals surface area (Å²) in [6.45, 7) is 1.96. The van der Waals surface area contributed by atoms with E-state index in [1.807, 2.05) is 0 Å². The number of pyridine rings is 1. The van der Waals surface area contributed by atoms with Crippen molar-refractivity contribution in [2.24, 2.45) is 16.8 Å². The topological polar surface area (TPSA) is 136 Å². The van der Waals surface area contributed by atoms with Crippen molar-refractivity contribution in [3.8, 4) is 5.75 Å². The molecule has 0 unspecified atom stereocenters. The number of benzene rings is 1. The fraction of sp³-hybridized carbons (Fsp3) is 0.417. The third kappa shape index (κ3) is 4.75. The van der Waals surface area contributed by atoms with E-state index in [4.69, 9.17) is 20.4 Å². The van der Waals surface area contributed by atoms with Gasteiger partial charge in [0, 0.05) is 42.1 Å². The number of carbonyl (C=O) groups is 2. The molecule has 204 valence electrons. The first kappa shape index (κ1) is 27.2. The van der Waals surface area contributed by atoms with Crippen LogP contribution in [0.2, 0.25) is 0 Å². The van der Waals surface area contributed by atoms with Gasteiger partial charge in [-0.1, -0.05) is 18.1 Å². The summed E-state index contributed by atoms with van der Waals surface area (Å²) >= 11 is 0. The standard InChI is InChI=1S/C24H23F5N4O5/c1-10-17(14-3-4-15(25)18(26)19(14)37-13-7-12(8-13)33-36)20(38-23(10,2)24(27,28)29)22(35)32-11-5-6-31-16(9-11)21(30)34/h3-6,9-10,13,17,20,36H,7-8H2,1-2H3,(H2,30,34)(H,31,32,35)/t10-,13?,17-,20+,23+/m0/s1. The van der Waals surface area contributed by atoms with Crippen LogP contribution in [0.25, 0.3) is 0 Å². The van der Waals surface area contributed by atoms with Crippen LogP contribution in [0.15, 0.2) is 35.6 Å². The maximum atomic E-state index is 15.0. The Morgan fingerprint density at radius 2 is 1.95 bits per heavy atom. The molecule has 2 amide bonds. The summed E-state index contributed by atoms with van der Waals surface area (Å²) in [6, 6.07) is 4.19. The Morgan fingerprint density at radius 1 is 1.26 bits per heavy atom. The SMILES string of the molecule is C[C@H]1[C@@H](c2ccc(F)c(F)c2OC2CC(=NO)C2)[C@H](C(=O)Nc2ccnc(C(N)=O)c2)O[C@@]1(C)C(F)(F)F. The van der Waals surface area contributed by atoms with Crippen LogP contribution in [-0.2, 0) is 9.53 Å². The maximum Gasteiger partial charge on any atom is 0.417 e. The van der Waals surface area contributed by atoms with Gasteiger partial charge >= 0.3 is 6.18 Å². The molecule has 38 heavy (non-hydrogen) atoms. The predicted molar refractivity (Wildman–Crippen MR) is 122 cm³/mol. The van der Waals surface area contributed by atoms with Crippen molar-refractivity contribution in [3.05, 3.63) is 53.4 Å². The summed E-state index contributed by atoms with van der Waals surface area (Å²) < 4.78 is 82.6. The van der Waals surface area contributed by atoms with Crippen LogP contribution in [0.4, 0.5) is 27.6 Å². The van der Waals surface area contributed by atoms with Crippen molar-refractivity contribution in [1.82, 2.24) is 4.98 Å². The number of aromatic nitrogens is 1. The fourth-order valence-electron chi connectivity index (χ4n) is 4.61. The molecule has 2 fully saturated rings. The van der Waals surface area contributed by atoms with Gasteiger partial charge in [0.25, 0.3) is 11.8 Å². The van der Waals surface area contributed by atoms with Gasteiger partial charge in [0.05, 0.1) is 5.71 Å². The van der Waals surface area contributed by atoms with E-state index in [1.165, 1.54) is 13.0 Å². The summed E-state index contributed by atoms with van der Waals surface area (Å²) in [4.78, 5) is 28.4. The number of primary amides is 1. The average Bonchev–Trinajstić information content (AvgIpc) is 3.10. The lowest BCUT2D eigenvalue weighted by molar-refractivity contribution is -0.272. The molecule has 0 radical (unpaired) electrons. The van der Waals surface area contributed by atoms with Gasteiger partial charge in [-0.2, -0.15) is 17.6 Å². The molecule has 9 nitrogen and oxygen atoms in total. The molecule has 1 saturated carbocycles. The number of oxime groups is 1. The molecule has 0 bridgehead atoms. The van der Waals surface area contributed by atoms with Crippen LogP contribution >= 0.6 is 0 Å². The lowest BCUT2D eigenvalue weighted by Crippen LogP contribution is -2.47. The Balaban J connectivity index is 1.75. The van der Waals surface area contributed by atoms with E-state index in [-0.39, 0.29) is 29.8 Å². The molecular weight excluding hydrogens is 519 g/mol. The van der Waals surface area contributed by atoms with Crippen LogP contribution in [0.1, 0.15) is 48.7 Å². The molecule has 2 heterocycles. The molecule has 1 aliphatic carbocycles. The Kier molecular flexibility index (Phi) is 7.03. The predicted octanol–water partition coefficient (Wildman–Crippen LogP) is 3.91. The molecule has 4 atom stereocenters. The summed E-state index contributed by atoms with van der Waals surface area (Å²) in [5.74, 6) is -8.23. The second-order valence-electron chi connectivity index (χ2n) is 9.34. The van der Waals surface area contributed by atoms with Crippen molar-refractivity contribution in [2.75, 3.05) is 5.32 Å². The minimum atomic E-state index is -4.93. The molecule has 0 spiro atoms. The highest BCUT2D eigenvalue weighted by molar-refractivity contribution is 5.97. The number of anilines is 1. The fourth-order valence-corrected chi connectivity index (χ4v) is 4.61. The van der Waals surface area contributed by atoms with Gasteiger partial charge in [0.2, 0.25) is 5.82 Å². The first-order chi connectivity index (χ1) is 17.8. The highest BCUT2D eigenvalue weighted by Crippen LogP contribution is 2.55. The quantitative estimate of drug-likeness (QED) is 0.288. The third-order valence-corrected chi connectivity index (χ3v) is 7.00. The number of nitrogens with one attached hydrogen (secondary N) is 1. The number of hydrogen-bond donors (Lipinski definition) is 3. The van der Waals surface area contributed by atoms with Crippen molar-refractivity contribution < 1.29 is 46.2 Å². The van der Waals surface area contributed by atoms with Crippen molar-refractivity contribution >= 4 is 23.2 Å². The second-order valence-corrected chi connectivity index (χ2v) is 9.34. The van der Waals surface area contributed by atoms with Crippen LogP contribution < -0.4 is 15.8 Å². The number of halogens is 5. The summed E-state index contributed by atoms with van der Waals surface area (Å²) in [5, 5.41) is 14.2. The number of alkyl halides is 3. The summed E-state index contributed by atoms with van der Waals surface area (Å²) in [6.07, 6.45) is -6.14. The van der Waals surface area contributed by atoms with Gasteiger partial charge in [0.1, 0.15) is 17.9 Å². The van der Waals surface area contributed by atoms with Gasteiger partial charge in [-0.3, -0.25) is 14.6 Å². The zero-order valence-corrected chi connectivity index (χ0v) is 20.1. The Hall–Kier alpha value is -3.81. The molecule has 2 aromatic rings. The van der Waals surface area contributed by atoms with Gasteiger partial charge in [-0.05, 0) is 25.1 Å². The molecule has 2 aliphatic rings. The van der Waals surface area contributed by atoms with Crippen LogP contribution in [0.5, 0.6) is 5.75 Å². The molecule has 14 heteroatoms. The number of rotatable bonds is 6. The van der Waals surface area contributed by atoms with E-state index in [9.17, 15) is 31.5 Å². The lowest BCUT2D eigenvalue weighted by atomic mass is 9.76. The molecule has 1 saturated heterocycles. The highest BCUT2D eigenvalue weighted by atomic mass is 19.4. The molecule has 1 aromatic carbocycles.